The summed E-state index contributed by atoms with van der Waals surface area (Å²) in [6, 6.07) is 3.45. The van der Waals surface area contributed by atoms with Gasteiger partial charge in [0.2, 0.25) is 0 Å². The van der Waals surface area contributed by atoms with E-state index in [0.29, 0.717) is 17.8 Å². The summed E-state index contributed by atoms with van der Waals surface area (Å²) in [5, 5.41) is 8.32. The van der Waals surface area contributed by atoms with E-state index in [0.717, 1.165) is 31.8 Å². The van der Waals surface area contributed by atoms with Crippen molar-refractivity contribution in [3.8, 4) is 0 Å². The zero-order valence-electron chi connectivity index (χ0n) is 12.4. The van der Waals surface area contributed by atoms with Crippen LogP contribution in [0.4, 0.5) is 10.2 Å². The molecule has 1 aliphatic rings. The lowest BCUT2D eigenvalue weighted by Gasteiger charge is -2.32. The van der Waals surface area contributed by atoms with Crippen molar-refractivity contribution in [3.05, 3.63) is 36.3 Å². The average molecular weight is 289 g/mol. The molecule has 0 N–H and O–H groups in total. The third-order valence-electron chi connectivity index (χ3n) is 4.06. The Kier molecular flexibility index (Phi) is 3.86. The number of aromatic nitrogens is 4. The Morgan fingerprint density at radius 2 is 2.05 bits per heavy atom. The second-order valence-electron chi connectivity index (χ2n) is 5.76. The van der Waals surface area contributed by atoms with E-state index in [1.807, 2.05) is 4.90 Å². The molecule has 6 heteroatoms. The van der Waals surface area contributed by atoms with Crippen LogP contribution in [0.5, 0.6) is 0 Å². The molecule has 0 aromatic carbocycles. The topological polar surface area (TPSA) is 46.8 Å². The molecule has 1 fully saturated rings. The molecule has 0 amide bonds. The number of pyridine rings is 1. The summed E-state index contributed by atoms with van der Waals surface area (Å²) in [4.78, 5) is 6.17. The summed E-state index contributed by atoms with van der Waals surface area (Å²) in [7, 11) is 0. The fourth-order valence-corrected chi connectivity index (χ4v) is 2.90. The van der Waals surface area contributed by atoms with Crippen LogP contribution in [0.25, 0.3) is 0 Å². The van der Waals surface area contributed by atoms with Gasteiger partial charge in [0.05, 0.1) is 0 Å². The fraction of sp³-hybridized carbons (Fsp3) is 0.533. The van der Waals surface area contributed by atoms with Crippen LogP contribution >= 0.6 is 0 Å². The van der Waals surface area contributed by atoms with Gasteiger partial charge in [0.15, 0.2) is 11.6 Å². The first-order chi connectivity index (χ1) is 10.2. The van der Waals surface area contributed by atoms with E-state index in [2.05, 4.69) is 33.6 Å². The Bertz CT molecular complexity index is 602. The van der Waals surface area contributed by atoms with Crippen LogP contribution in [0.15, 0.2) is 24.7 Å². The minimum atomic E-state index is -0.249. The van der Waals surface area contributed by atoms with E-state index in [9.17, 15) is 4.39 Å². The van der Waals surface area contributed by atoms with Gasteiger partial charge in [0.25, 0.3) is 0 Å². The monoisotopic (exact) mass is 289 g/mol. The summed E-state index contributed by atoms with van der Waals surface area (Å²) < 4.78 is 15.9. The molecule has 0 aliphatic carbocycles. The van der Waals surface area contributed by atoms with Crippen molar-refractivity contribution >= 4 is 5.82 Å². The van der Waals surface area contributed by atoms with E-state index in [1.54, 1.807) is 18.6 Å². The highest BCUT2D eigenvalue weighted by atomic mass is 19.1. The van der Waals surface area contributed by atoms with Crippen molar-refractivity contribution in [2.75, 3.05) is 18.0 Å². The molecule has 0 spiro atoms. The smallest absolute Gasteiger partial charge is 0.165 e. The lowest BCUT2D eigenvalue weighted by Crippen LogP contribution is -2.35. The zero-order valence-corrected chi connectivity index (χ0v) is 12.4. The van der Waals surface area contributed by atoms with Gasteiger partial charge in [-0.15, -0.1) is 10.2 Å². The lowest BCUT2D eigenvalue weighted by molar-refractivity contribution is 0.444. The molecule has 5 nitrogen and oxygen atoms in total. The Labute approximate surface area is 123 Å². The van der Waals surface area contributed by atoms with Gasteiger partial charge in [-0.25, -0.2) is 9.37 Å². The Morgan fingerprint density at radius 1 is 1.29 bits per heavy atom. The molecule has 0 radical (unpaired) electrons. The molecule has 2 aromatic rings. The third-order valence-corrected chi connectivity index (χ3v) is 4.06. The maximum atomic E-state index is 13.8. The highest BCUT2D eigenvalue weighted by Gasteiger charge is 2.26. The molecule has 0 atom stereocenters. The Balaban J connectivity index is 1.71. The maximum absolute atomic E-state index is 13.8. The van der Waals surface area contributed by atoms with Gasteiger partial charge in [0, 0.05) is 31.2 Å². The number of hydrogen-bond acceptors (Lipinski definition) is 4. The van der Waals surface area contributed by atoms with Crippen molar-refractivity contribution in [2.24, 2.45) is 0 Å². The molecular formula is C15H20FN5. The summed E-state index contributed by atoms with van der Waals surface area (Å²) in [6.45, 7) is 5.85. The second-order valence-corrected chi connectivity index (χ2v) is 5.76. The molecule has 3 rings (SSSR count). The lowest BCUT2D eigenvalue weighted by atomic mass is 9.95. The van der Waals surface area contributed by atoms with Gasteiger partial charge in [-0.3, -0.25) is 0 Å². The molecule has 2 aromatic heterocycles. The number of hydrogen-bond donors (Lipinski definition) is 0. The highest BCUT2D eigenvalue weighted by Crippen LogP contribution is 2.30. The predicted octanol–water partition coefficient (Wildman–Crippen LogP) is 2.78. The van der Waals surface area contributed by atoms with Gasteiger partial charge in [-0.1, -0.05) is 0 Å². The van der Waals surface area contributed by atoms with Gasteiger partial charge in [-0.05, 0) is 38.8 Å². The molecule has 1 aliphatic heterocycles. The number of piperidine rings is 1. The SMILES string of the molecule is CC(C)n1cnnc1C1CCN(c2ncccc2F)CC1. The summed E-state index contributed by atoms with van der Waals surface area (Å²) >= 11 is 0. The van der Waals surface area contributed by atoms with Crippen molar-refractivity contribution in [2.45, 2.75) is 38.6 Å². The summed E-state index contributed by atoms with van der Waals surface area (Å²) in [5.41, 5.74) is 0. The first-order valence-electron chi connectivity index (χ1n) is 7.41. The standard InChI is InChI=1S/C15H20FN5/c1-11(2)21-10-18-19-14(21)12-5-8-20(9-6-12)15-13(16)4-3-7-17-15/h3-4,7,10-12H,5-6,8-9H2,1-2H3. The summed E-state index contributed by atoms with van der Waals surface area (Å²) in [6.07, 6.45) is 5.33. The van der Waals surface area contributed by atoms with E-state index in [4.69, 9.17) is 0 Å². The number of anilines is 1. The number of halogens is 1. The fourth-order valence-electron chi connectivity index (χ4n) is 2.90. The molecular weight excluding hydrogens is 269 g/mol. The third kappa shape index (κ3) is 2.75. The second kappa shape index (κ2) is 5.79. The van der Waals surface area contributed by atoms with Gasteiger partial charge >= 0.3 is 0 Å². The van der Waals surface area contributed by atoms with Crippen LogP contribution in [-0.4, -0.2) is 32.8 Å². The number of rotatable bonds is 3. The van der Waals surface area contributed by atoms with Crippen LogP contribution in [0.1, 0.15) is 44.5 Å². The minimum Gasteiger partial charge on any atom is -0.354 e. The maximum Gasteiger partial charge on any atom is 0.165 e. The van der Waals surface area contributed by atoms with Gasteiger partial charge in [-0.2, -0.15) is 0 Å². The molecule has 112 valence electrons. The van der Waals surface area contributed by atoms with Crippen molar-refractivity contribution < 1.29 is 4.39 Å². The predicted molar refractivity (Wildman–Crippen MR) is 78.8 cm³/mol. The average Bonchev–Trinajstić information content (AvgIpc) is 2.98. The van der Waals surface area contributed by atoms with E-state index in [1.165, 1.54) is 6.07 Å². The van der Waals surface area contributed by atoms with E-state index >= 15 is 0 Å². The van der Waals surface area contributed by atoms with Crippen LogP contribution in [0.3, 0.4) is 0 Å². The van der Waals surface area contributed by atoms with Crippen molar-refractivity contribution in [1.82, 2.24) is 19.7 Å². The van der Waals surface area contributed by atoms with Crippen LogP contribution in [-0.2, 0) is 0 Å². The molecule has 0 saturated carbocycles. The highest BCUT2D eigenvalue weighted by molar-refractivity contribution is 5.40. The van der Waals surface area contributed by atoms with Crippen LogP contribution in [0, 0.1) is 5.82 Å². The largest absolute Gasteiger partial charge is 0.354 e. The first-order valence-corrected chi connectivity index (χ1v) is 7.41. The Hall–Kier alpha value is -1.98. The van der Waals surface area contributed by atoms with Gasteiger partial charge in [0.1, 0.15) is 12.2 Å². The molecule has 0 unspecified atom stereocenters. The summed E-state index contributed by atoms with van der Waals surface area (Å²) in [5.74, 6) is 1.65. The Morgan fingerprint density at radius 3 is 2.71 bits per heavy atom. The van der Waals surface area contributed by atoms with E-state index < -0.39 is 0 Å². The molecule has 21 heavy (non-hydrogen) atoms. The minimum absolute atomic E-state index is 0.249. The van der Waals surface area contributed by atoms with Crippen LogP contribution in [0.2, 0.25) is 0 Å². The quantitative estimate of drug-likeness (QED) is 0.871. The van der Waals surface area contributed by atoms with Crippen LogP contribution < -0.4 is 4.90 Å². The van der Waals surface area contributed by atoms with Crippen molar-refractivity contribution in [3.63, 3.8) is 0 Å². The molecule has 1 saturated heterocycles. The molecule has 0 bridgehead atoms. The van der Waals surface area contributed by atoms with Crippen molar-refractivity contribution in [1.29, 1.82) is 0 Å². The zero-order chi connectivity index (χ0) is 14.8. The van der Waals surface area contributed by atoms with Gasteiger partial charge < -0.3 is 9.47 Å². The molecule has 3 heterocycles. The first kappa shape index (κ1) is 14.0. The van der Waals surface area contributed by atoms with E-state index in [-0.39, 0.29) is 5.82 Å². The normalized spacial score (nSPS) is 16.7. The number of nitrogens with zero attached hydrogens (tertiary/aromatic N) is 5.